The summed E-state index contributed by atoms with van der Waals surface area (Å²) in [6.45, 7) is 5.94. The van der Waals surface area contributed by atoms with Gasteiger partial charge in [-0.3, -0.25) is 4.40 Å². The number of nitrogens with zero attached hydrogens (tertiary/aromatic N) is 3. The third kappa shape index (κ3) is 2.47. The minimum Gasteiger partial charge on any atom is -0.295 e. The van der Waals surface area contributed by atoms with Crippen LogP contribution in [0.4, 0.5) is 0 Å². The molecular formula is C15H16ClN3. The summed E-state index contributed by atoms with van der Waals surface area (Å²) in [6.07, 6.45) is 3.56. The molecule has 0 spiro atoms. The van der Waals surface area contributed by atoms with Crippen LogP contribution in [0.1, 0.15) is 19.5 Å². The van der Waals surface area contributed by atoms with E-state index in [0.29, 0.717) is 5.15 Å². The second-order valence-electron chi connectivity index (χ2n) is 3.82. The number of hydrogen-bond donors (Lipinski definition) is 0. The molecular weight excluding hydrogens is 258 g/mol. The summed E-state index contributed by atoms with van der Waals surface area (Å²) in [5, 5.41) is 0.486. The van der Waals surface area contributed by atoms with Crippen molar-refractivity contribution in [3.8, 4) is 11.4 Å². The van der Waals surface area contributed by atoms with Gasteiger partial charge in [0.2, 0.25) is 0 Å². The largest absolute Gasteiger partial charge is 0.295 e. The molecule has 0 aliphatic rings. The molecule has 98 valence electrons. The van der Waals surface area contributed by atoms with Gasteiger partial charge in [0.1, 0.15) is 11.3 Å². The molecule has 0 atom stereocenters. The van der Waals surface area contributed by atoms with E-state index in [0.717, 1.165) is 22.6 Å². The number of imidazole rings is 1. The average molecular weight is 274 g/mol. The highest BCUT2D eigenvalue weighted by Crippen LogP contribution is 2.25. The van der Waals surface area contributed by atoms with Gasteiger partial charge in [0, 0.05) is 18.0 Å². The second-order valence-corrected chi connectivity index (χ2v) is 4.18. The van der Waals surface area contributed by atoms with Crippen LogP contribution in [0, 0.1) is 6.92 Å². The van der Waals surface area contributed by atoms with Crippen LogP contribution >= 0.6 is 11.6 Å². The first-order valence-corrected chi connectivity index (χ1v) is 6.70. The number of fused-ring (bicyclic) bond motifs is 1. The Labute approximate surface area is 117 Å². The third-order valence-corrected chi connectivity index (χ3v) is 2.99. The van der Waals surface area contributed by atoms with Crippen LogP contribution in [-0.4, -0.2) is 14.4 Å². The Morgan fingerprint density at radius 2 is 1.79 bits per heavy atom. The molecule has 2 heterocycles. The van der Waals surface area contributed by atoms with Crippen molar-refractivity contribution in [2.24, 2.45) is 0 Å². The maximum absolute atomic E-state index is 6.09. The van der Waals surface area contributed by atoms with E-state index in [1.165, 1.54) is 0 Å². The monoisotopic (exact) mass is 273 g/mol. The van der Waals surface area contributed by atoms with Gasteiger partial charge in [-0.2, -0.15) is 0 Å². The molecule has 0 saturated carbocycles. The van der Waals surface area contributed by atoms with Crippen LogP contribution < -0.4 is 0 Å². The van der Waals surface area contributed by atoms with E-state index in [1.54, 1.807) is 6.20 Å². The lowest BCUT2D eigenvalue weighted by molar-refractivity contribution is 1.12. The summed E-state index contributed by atoms with van der Waals surface area (Å²) in [5.74, 6) is 0.891. The summed E-state index contributed by atoms with van der Waals surface area (Å²) < 4.78 is 1.97. The molecule has 0 amide bonds. The van der Waals surface area contributed by atoms with E-state index in [1.807, 2.05) is 61.7 Å². The topological polar surface area (TPSA) is 30.2 Å². The summed E-state index contributed by atoms with van der Waals surface area (Å²) in [4.78, 5) is 8.64. The Hall–Kier alpha value is -1.87. The number of benzene rings is 1. The van der Waals surface area contributed by atoms with Crippen LogP contribution in [0.25, 0.3) is 16.9 Å². The quantitative estimate of drug-likeness (QED) is 0.658. The Kier molecular flexibility index (Phi) is 4.17. The molecule has 0 saturated heterocycles. The first-order valence-electron chi connectivity index (χ1n) is 6.32. The normalized spacial score (nSPS) is 10.1. The molecule has 0 N–H and O–H groups in total. The van der Waals surface area contributed by atoms with Gasteiger partial charge in [-0.1, -0.05) is 55.8 Å². The van der Waals surface area contributed by atoms with Crippen molar-refractivity contribution in [2.75, 3.05) is 0 Å². The molecule has 3 rings (SSSR count). The van der Waals surface area contributed by atoms with Gasteiger partial charge in [0.15, 0.2) is 5.15 Å². The van der Waals surface area contributed by atoms with Crippen molar-refractivity contribution in [3.05, 3.63) is 53.6 Å². The van der Waals surface area contributed by atoms with Gasteiger partial charge in [-0.25, -0.2) is 9.97 Å². The molecule has 0 unspecified atom stereocenters. The van der Waals surface area contributed by atoms with Crippen molar-refractivity contribution in [1.82, 2.24) is 14.4 Å². The van der Waals surface area contributed by atoms with Crippen LogP contribution in [-0.2, 0) is 0 Å². The molecule has 0 aliphatic carbocycles. The summed E-state index contributed by atoms with van der Waals surface area (Å²) >= 11 is 6.09. The van der Waals surface area contributed by atoms with Crippen LogP contribution in [0.2, 0.25) is 5.15 Å². The fraction of sp³-hybridized carbons (Fsp3) is 0.200. The standard InChI is InChI=1S/C13H10ClN3.C2H6/c1-9-11-12(14)15-7-8-17(11)13(16-9)10-5-3-2-4-6-10;1-2/h2-8H,1H3;1-2H3. The lowest BCUT2D eigenvalue weighted by Crippen LogP contribution is -1.90. The second kappa shape index (κ2) is 5.85. The number of hydrogen-bond acceptors (Lipinski definition) is 2. The maximum atomic E-state index is 6.09. The molecule has 2 aromatic heterocycles. The molecule has 19 heavy (non-hydrogen) atoms. The lowest BCUT2D eigenvalue weighted by Gasteiger charge is -2.01. The Morgan fingerprint density at radius 1 is 1.11 bits per heavy atom. The van der Waals surface area contributed by atoms with E-state index >= 15 is 0 Å². The highest BCUT2D eigenvalue weighted by molar-refractivity contribution is 6.32. The molecule has 3 nitrogen and oxygen atoms in total. The summed E-state index contributed by atoms with van der Waals surface area (Å²) in [5.41, 5.74) is 2.83. The fourth-order valence-electron chi connectivity index (χ4n) is 1.96. The van der Waals surface area contributed by atoms with E-state index in [9.17, 15) is 0 Å². The van der Waals surface area contributed by atoms with Gasteiger partial charge in [0.05, 0.1) is 5.69 Å². The number of aryl methyl sites for hydroxylation is 1. The first kappa shape index (κ1) is 13.6. The summed E-state index contributed by atoms with van der Waals surface area (Å²) in [7, 11) is 0. The van der Waals surface area contributed by atoms with Crippen molar-refractivity contribution in [3.63, 3.8) is 0 Å². The average Bonchev–Trinajstić information content (AvgIpc) is 2.81. The molecule has 0 aliphatic heterocycles. The van der Waals surface area contributed by atoms with E-state index < -0.39 is 0 Å². The zero-order valence-electron chi connectivity index (χ0n) is 11.3. The number of halogens is 1. The van der Waals surface area contributed by atoms with Crippen LogP contribution in [0.5, 0.6) is 0 Å². The van der Waals surface area contributed by atoms with Gasteiger partial charge < -0.3 is 0 Å². The Morgan fingerprint density at radius 3 is 2.47 bits per heavy atom. The molecule has 0 bridgehead atoms. The highest BCUT2D eigenvalue weighted by Gasteiger charge is 2.12. The lowest BCUT2D eigenvalue weighted by atomic mass is 10.2. The van der Waals surface area contributed by atoms with Crippen molar-refractivity contribution in [1.29, 1.82) is 0 Å². The first-order chi connectivity index (χ1) is 9.27. The van der Waals surface area contributed by atoms with Crippen LogP contribution in [0.3, 0.4) is 0 Å². The van der Waals surface area contributed by atoms with E-state index in [-0.39, 0.29) is 0 Å². The van der Waals surface area contributed by atoms with Crippen LogP contribution in [0.15, 0.2) is 42.7 Å². The minimum atomic E-state index is 0.486. The predicted octanol–water partition coefficient (Wildman–Crippen LogP) is 4.38. The minimum absolute atomic E-state index is 0.486. The van der Waals surface area contributed by atoms with Gasteiger partial charge >= 0.3 is 0 Å². The SMILES string of the molecule is CC.Cc1nc(-c2ccccc2)n2ccnc(Cl)c12. The van der Waals surface area contributed by atoms with Crippen molar-refractivity contribution >= 4 is 17.1 Å². The zero-order chi connectivity index (χ0) is 13.8. The smallest absolute Gasteiger partial charge is 0.154 e. The maximum Gasteiger partial charge on any atom is 0.154 e. The van der Waals surface area contributed by atoms with E-state index in [2.05, 4.69) is 9.97 Å². The molecule has 0 radical (unpaired) electrons. The van der Waals surface area contributed by atoms with Crippen molar-refractivity contribution < 1.29 is 0 Å². The molecule has 4 heteroatoms. The zero-order valence-corrected chi connectivity index (χ0v) is 12.0. The molecule has 3 aromatic rings. The van der Waals surface area contributed by atoms with Gasteiger partial charge in [-0.05, 0) is 6.92 Å². The molecule has 0 fully saturated rings. The summed E-state index contributed by atoms with van der Waals surface area (Å²) in [6, 6.07) is 10.0. The third-order valence-electron chi connectivity index (χ3n) is 2.72. The fourth-order valence-corrected chi connectivity index (χ4v) is 2.24. The van der Waals surface area contributed by atoms with Gasteiger partial charge in [-0.15, -0.1) is 0 Å². The Bertz CT molecular complexity index is 674. The van der Waals surface area contributed by atoms with Crippen molar-refractivity contribution in [2.45, 2.75) is 20.8 Å². The number of rotatable bonds is 1. The highest BCUT2D eigenvalue weighted by atomic mass is 35.5. The molecule has 1 aromatic carbocycles. The predicted molar refractivity (Wildman–Crippen MR) is 79.5 cm³/mol. The van der Waals surface area contributed by atoms with E-state index in [4.69, 9.17) is 11.6 Å². The van der Waals surface area contributed by atoms with Gasteiger partial charge in [0.25, 0.3) is 0 Å². The number of aromatic nitrogens is 3. The Balaban J connectivity index is 0.000000637.